The molecule has 0 spiro atoms. The van der Waals surface area contributed by atoms with Crippen molar-refractivity contribution in [3.05, 3.63) is 56.6 Å². The monoisotopic (exact) mass is 329 g/mol. The van der Waals surface area contributed by atoms with Crippen molar-refractivity contribution in [1.82, 2.24) is 15.1 Å². The van der Waals surface area contributed by atoms with E-state index in [2.05, 4.69) is 28.4 Å². The molecule has 3 heterocycles. The third-order valence-corrected chi connectivity index (χ3v) is 4.82. The quantitative estimate of drug-likeness (QED) is 0.941. The van der Waals surface area contributed by atoms with Gasteiger partial charge in [-0.3, -0.25) is 9.59 Å². The van der Waals surface area contributed by atoms with Crippen LogP contribution in [0.3, 0.4) is 0 Å². The molecule has 0 aromatic carbocycles. The molecule has 6 heteroatoms. The van der Waals surface area contributed by atoms with E-state index in [0.717, 1.165) is 32.2 Å². The van der Waals surface area contributed by atoms with Crippen LogP contribution in [0.1, 0.15) is 41.0 Å². The van der Waals surface area contributed by atoms with Crippen LogP contribution in [0, 0.1) is 0 Å². The minimum atomic E-state index is -0.299. The summed E-state index contributed by atoms with van der Waals surface area (Å²) in [5.41, 5.74) is -0.00687. The van der Waals surface area contributed by atoms with Crippen LogP contribution in [0.15, 0.2) is 40.5 Å². The molecular weight excluding hydrogens is 310 g/mol. The zero-order chi connectivity index (χ0) is 16.1. The van der Waals surface area contributed by atoms with Crippen molar-refractivity contribution in [2.24, 2.45) is 0 Å². The molecule has 2 aromatic heterocycles. The number of hydrogen-bond acceptors (Lipinski definition) is 4. The lowest BCUT2D eigenvalue weighted by molar-refractivity contribution is 0.0711. The number of carbonyl (C=O) groups excluding carboxylic acids is 1. The summed E-state index contributed by atoms with van der Waals surface area (Å²) in [4.78, 5) is 26.9. The van der Waals surface area contributed by atoms with Crippen LogP contribution in [0.2, 0.25) is 0 Å². The predicted molar refractivity (Wildman–Crippen MR) is 91.5 cm³/mol. The zero-order valence-corrected chi connectivity index (χ0v) is 13.6. The maximum absolute atomic E-state index is 12.7. The van der Waals surface area contributed by atoms with Crippen molar-refractivity contribution in [1.29, 1.82) is 0 Å². The second-order valence-electron chi connectivity index (χ2n) is 5.60. The van der Waals surface area contributed by atoms with Crippen LogP contribution in [0.4, 0.5) is 0 Å². The molecule has 1 fully saturated rings. The number of carbonyl (C=O) groups is 1. The number of rotatable bonds is 3. The summed E-state index contributed by atoms with van der Waals surface area (Å²) in [6, 6.07) is 6.99. The van der Waals surface area contributed by atoms with Crippen molar-refractivity contribution in [3.63, 3.8) is 0 Å². The lowest BCUT2D eigenvalue weighted by Gasteiger charge is -2.27. The predicted octanol–water partition coefficient (Wildman–Crippen LogP) is 2.93. The molecule has 1 unspecified atom stereocenters. The Hall–Kier alpha value is -2.21. The van der Waals surface area contributed by atoms with Crippen LogP contribution >= 0.6 is 11.3 Å². The number of thiophene rings is 1. The van der Waals surface area contributed by atoms with E-state index in [0.29, 0.717) is 5.69 Å². The standard InChI is InChI=1S/C17H19N3O2S/c21-16-10-9-15(18-19-16)17(22)20-11-3-1-2-5-13(20)7-8-14-6-4-12-23-14/h4,6-10,12-13H,1-3,5,11H2,(H,19,21). The first-order valence-electron chi connectivity index (χ1n) is 7.82. The molecule has 0 aliphatic carbocycles. The fourth-order valence-corrected chi connectivity index (χ4v) is 3.42. The molecule has 1 atom stereocenters. The number of hydrogen-bond donors (Lipinski definition) is 1. The normalized spacial score (nSPS) is 19.0. The maximum atomic E-state index is 12.7. The minimum absolute atomic E-state index is 0.0702. The molecule has 1 N–H and O–H groups in total. The third kappa shape index (κ3) is 3.96. The van der Waals surface area contributed by atoms with Crippen molar-refractivity contribution in [2.75, 3.05) is 6.54 Å². The number of likely N-dealkylation sites (tertiary alicyclic amines) is 1. The summed E-state index contributed by atoms with van der Waals surface area (Å²) >= 11 is 1.68. The number of H-pyrrole nitrogens is 1. The Morgan fingerprint density at radius 3 is 2.96 bits per heavy atom. The Bertz CT molecular complexity index is 716. The highest BCUT2D eigenvalue weighted by Gasteiger charge is 2.25. The van der Waals surface area contributed by atoms with E-state index in [4.69, 9.17) is 0 Å². The van der Waals surface area contributed by atoms with Crippen LogP contribution < -0.4 is 5.56 Å². The molecule has 0 saturated carbocycles. The first-order valence-corrected chi connectivity index (χ1v) is 8.70. The summed E-state index contributed by atoms with van der Waals surface area (Å²) < 4.78 is 0. The van der Waals surface area contributed by atoms with Gasteiger partial charge in [0.2, 0.25) is 0 Å². The smallest absolute Gasteiger partial charge is 0.274 e. The lowest BCUT2D eigenvalue weighted by Crippen LogP contribution is -2.39. The molecule has 2 aromatic rings. The second kappa shape index (κ2) is 7.37. The number of nitrogens with one attached hydrogen (secondary N) is 1. The molecule has 120 valence electrons. The first kappa shape index (κ1) is 15.7. The molecule has 0 radical (unpaired) electrons. The van der Waals surface area contributed by atoms with E-state index in [1.807, 2.05) is 16.3 Å². The maximum Gasteiger partial charge on any atom is 0.274 e. The summed E-state index contributed by atoms with van der Waals surface area (Å²) in [7, 11) is 0. The Balaban J connectivity index is 1.81. The van der Waals surface area contributed by atoms with E-state index in [1.165, 1.54) is 17.0 Å². The third-order valence-electron chi connectivity index (χ3n) is 3.98. The molecular formula is C17H19N3O2S. The first-order chi connectivity index (χ1) is 11.2. The van der Waals surface area contributed by atoms with Gasteiger partial charge in [-0.1, -0.05) is 25.0 Å². The summed E-state index contributed by atoms with van der Waals surface area (Å²) in [5.74, 6) is -0.121. The SMILES string of the molecule is O=C(c1ccc(=O)[nH]n1)N1CCCCCC1C=Cc1cccs1. The minimum Gasteiger partial charge on any atom is -0.331 e. The van der Waals surface area contributed by atoms with Gasteiger partial charge in [-0.2, -0.15) is 5.10 Å². The van der Waals surface area contributed by atoms with Crippen LogP contribution in [0.25, 0.3) is 6.08 Å². The zero-order valence-electron chi connectivity index (χ0n) is 12.8. The van der Waals surface area contributed by atoms with Crippen LogP contribution in [0.5, 0.6) is 0 Å². The van der Waals surface area contributed by atoms with E-state index in [-0.39, 0.29) is 17.5 Å². The van der Waals surface area contributed by atoms with Crippen LogP contribution in [-0.2, 0) is 0 Å². The number of nitrogens with zero attached hydrogens (tertiary/aromatic N) is 2. The molecule has 1 aliphatic rings. The summed E-state index contributed by atoms with van der Waals surface area (Å²) in [6.45, 7) is 0.721. The van der Waals surface area contributed by atoms with Gasteiger partial charge in [-0.05, 0) is 36.4 Å². The topological polar surface area (TPSA) is 66.1 Å². The van der Waals surface area contributed by atoms with Gasteiger partial charge >= 0.3 is 0 Å². The van der Waals surface area contributed by atoms with Gasteiger partial charge in [-0.15, -0.1) is 11.3 Å². The van der Waals surface area contributed by atoms with E-state index in [9.17, 15) is 9.59 Å². The Labute approximate surface area is 138 Å². The average molecular weight is 329 g/mol. The van der Waals surface area contributed by atoms with E-state index in [1.54, 1.807) is 11.3 Å². The molecule has 23 heavy (non-hydrogen) atoms. The second-order valence-corrected chi connectivity index (χ2v) is 6.58. The van der Waals surface area contributed by atoms with Crippen LogP contribution in [-0.4, -0.2) is 33.6 Å². The van der Waals surface area contributed by atoms with Crippen molar-refractivity contribution in [2.45, 2.75) is 31.7 Å². The van der Waals surface area contributed by atoms with E-state index < -0.39 is 0 Å². The number of aromatic amines is 1. The van der Waals surface area contributed by atoms with Gasteiger partial charge in [0.1, 0.15) is 5.69 Å². The summed E-state index contributed by atoms with van der Waals surface area (Å²) in [5, 5.41) is 8.25. The summed E-state index contributed by atoms with van der Waals surface area (Å²) in [6.07, 6.45) is 8.39. The van der Waals surface area contributed by atoms with E-state index >= 15 is 0 Å². The molecule has 1 aliphatic heterocycles. The average Bonchev–Trinajstić information content (AvgIpc) is 2.97. The molecule has 3 rings (SSSR count). The highest BCUT2D eigenvalue weighted by molar-refractivity contribution is 7.10. The molecule has 1 amide bonds. The highest BCUT2D eigenvalue weighted by atomic mass is 32.1. The number of aromatic nitrogens is 2. The van der Waals surface area contributed by atoms with Gasteiger partial charge in [0.15, 0.2) is 0 Å². The number of amides is 1. The van der Waals surface area contributed by atoms with Crippen molar-refractivity contribution >= 4 is 23.3 Å². The van der Waals surface area contributed by atoms with Crippen molar-refractivity contribution < 1.29 is 4.79 Å². The van der Waals surface area contributed by atoms with Gasteiger partial charge in [0, 0.05) is 17.5 Å². The van der Waals surface area contributed by atoms with Gasteiger partial charge in [0.25, 0.3) is 11.5 Å². The van der Waals surface area contributed by atoms with Gasteiger partial charge in [-0.25, -0.2) is 5.10 Å². The van der Waals surface area contributed by atoms with Gasteiger partial charge in [0.05, 0.1) is 6.04 Å². The Morgan fingerprint density at radius 2 is 2.22 bits per heavy atom. The fourth-order valence-electron chi connectivity index (χ4n) is 2.79. The lowest BCUT2D eigenvalue weighted by atomic mass is 10.1. The largest absolute Gasteiger partial charge is 0.331 e. The van der Waals surface area contributed by atoms with Gasteiger partial charge < -0.3 is 4.90 Å². The highest BCUT2D eigenvalue weighted by Crippen LogP contribution is 2.21. The Kier molecular flexibility index (Phi) is 5.02. The molecule has 1 saturated heterocycles. The van der Waals surface area contributed by atoms with Crippen molar-refractivity contribution in [3.8, 4) is 0 Å². The molecule has 5 nitrogen and oxygen atoms in total. The molecule has 0 bridgehead atoms. The fraction of sp³-hybridized carbons (Fsp3) is 0.353. The Morgan fingerprint density at radius 1 is 1.30 bits per heavy atom.